The van der Waals surface area contributed by atoms with Crippen LogP contribution in [0.25, 0.3) is 0 Å². The Balaban J connectivity index is 2.42. The van der Waals surface area contributed by atoms with Gasteiger partial charge in [-0.25, -0.2) is 4.79 Å². The number of hydrogen-bond acceptors (Lipinski definition) is 4. The van der Waals surface area contributed by atoms with E-state index >= 15 is 0 Å². The van der Waals surface area contributed by atoms with Crippen LogP contribution in [0, 0.1) is 0 Å². The van der Waals surface area contributed by atoms with Crippen LogP contribution in [-0.2, 0) is 14.3 Å². The number of carbonyl (C=O) groups is 1. The molecule has 0 amide bonds. The second kappa shape index (κ2) is 6.52. The van der Waals surface area contributed by atoms with Crippen molar-refractivity contribution < 1.29 is 14.3 Å². The van der Waals surface area contributed by atoms with E-state index in [9.17, 15) is 4.79 Å². The highest BCUT2D eigenvalue weighted by molar-refractivity contribution is 5.77. The highest BCUT2D eigenvalue weighted by Crippen LogP contribution is 2.15. The van der Waals surface area contributed by atoms with Gasteiger partial charge in [-0.05, 0) is 19.4 Å². The highest BCUT2D eigenvalue weighted by atomic mass is 16.5. The molecule has 0 aliphatic carbocycles. The molecular weight excluding hydrogens is 230 g/mol. The molecule has 1 aromatic carbocycles. The number of rotatable bonds is 6. The molecule has 100 valence electrons. The lowest BCUT2D eigenvalue weighted by molar-refractivity contribution is -0.146. The third kappa shape index (κ3) is 4.47. The van der Waals surface area contributed by atoms with E-state index in [1.54, 1.807) is 7.11 Å². The third-order valence-electron chi connectivity index (χ3n) is 2.91. The molecule has 0 fully saturated rings. The van der Waals surface area contributed by atoms with Crippen LogP contribution in [-0.4, -0.2) is 25.3 Å². The van der Waals surface area contributed by atoms with E-state index in [2.05, 4.69) is 0 Å². The van der Waals surface area contributed by atoms with Crippen molar-refractivity contribution >= 4 is 5.97 Å². The van der Waals surface area contributed by atoms with Gasteiger partial charge in [-0.2, -0.15) is 0 Å². The Bertz CT molecular complexity index is 376. The van der Waals surface area contributed by atoms with Crippen LogP contribution in [0.15, 0.2) is 30.3 Å². The summed E-state index contributed by atoms with van der Waals surface area (Å²) >= 11 is 0. The summed E-state index contributed by atoms with van der Waals surface area (Å²) in [6, 6.07) is 8.46. The van der Waals surface area contributed by atoms with Gasteiger partial charge in [0.1, 0.15) is 6.04 Å². The Morgan fingerprint density at radius 1 is 1.33 bits per heavy atom. The van der Waals surface area contributed by atoms with Crippen LogP contribution < -0.4 is 5.73 Å². The molecule has 0 saturated heterocycles. The van der Waals surface area contributed by atoms with Gasteiger partial charge in [0.15, 0.2) is 0 Å². The lowest BCUT2D eigenvalue weighted by Gasteiger charge is -2.22. The average molecular weight is 251 g/mol. The zero-order valence-corrected chi connectivity index (χ0v) is 11.2. The zero-order chi connectivity index (χ0) is 13.6. The Hall–Kier alpha value is -1.39. The lowest BCUT2D eigenvalue weighted by Crippen LogP contribution is -2.28. The minimum Gasteiger partial charge on any atom is -0.464 e. The van der Waals surface area contributed by atoms with Crippen LogP contribution in [0.4, 0.5) is 0 Å². The summed E-state index contributed by atoms with van der Waals surface area (Å²) in [5.74, 6) is -0.409. The standard InChI is InChI=1S/C14H21NO3/c1-14(2,17-3)9-10-18-13(16)12(15)11-7-5-4-6-8-11/h4-8,12H,9-10,15H2,1-3H3/t12-/m1/s1. The number of carbonyl (C=O) groups excluding carboxylic acids is 1. The molecule has 0 aliphatic rings. The van der Waals surface area contributed by atoms with Gasteiger partial charge >= 0.3 is 5.97 Å². The molecule has 4 nitrogen and oxygen atoms in total. The molecule has 0 spiro atoms. The molecule has 0 aromatic heterocycles. The predicted octanol–water partition coefficient (Wildman–Crippen LogP) is 2.04. The quantitative estimate of drug-likeness (QED) is 0.786. The second-order valence-electron chi connectivity index (χ2n) is 4.77. The summed E-state index contributed by atoms with van der Waals surface area (Å²) in [5.41, 5.74) is 6.28. The molecule has 1 rings (SSSR count). The van der Waals surface area contributed by atoms with Gasteiger partial charge in [0.25, 0.3) is 0 Å². The van der Waals surface area contributed by atoms with Crippen molar-refractivity contribution in [1.82, 2.24) is 0 Å². The van der Waals surface area contributed by atoms with Crippen molar-refractivity contribution in [3.8, 4) is 0 Å². The van der Waals surface area contributed by atoms with Crippen LogP contribution in [0.5, 0.6) is 0 Å². The van der Waals surface area contributed by atoms with Gasteiger partial charge in [0, 0.05) is 13.5 Å². The van der Waals surface area contributed by atoms with E-state index in [1.807, 2.05) is 44.2 Å². The summed E-state index contributed by atoms with van der Waals surface area (Å²) in [5, 5.41) is 0. The van der Waals surface area contributed by atoms with E-state index < -0.39 is 12.0 Å². The number of ether oxygens (including phenoxy) is 2. The van der Waals surface area contributed by atoms with E-state index in [4.69, 9.17) is 15.2 Å². The van der Waals surface area contributed by atoms with Gasteiger partial charge in [0.05, 0.1) is 12.2 Å². The Kier molecular flexibility index (Phi) is 5.31. The highest BCUT2D eigenvalue weighted by Gasteiger charge is 2.20. The fourth-order valence-electron chi connectivity index (χ4n) is 1.39. The van der Waals surface area contributed by atoms with Gasteiger partial charge in [-0.15, -0.1) is 0 Å². The van der Waals surface area contributed by atoms with Crippen molar-refractivity contribution in [3.05, 3.63) is 35.9 Å². The Morgan fingerprint density at radius 3 is 2.50 bits per heavy atom. The summed E-state index contributed by atoms with van der Waals surface area (Å²) in [6.07, 6.45) is 0.636. The third-order valence-corrected chi connectivity index (χ3v) is 2.91. The summed E-state index contributed by atoms with van der Waals surface area (Å²) < 4.78 is 10.4. The fraction of sp³-hybridized carbons (Fsp3) is 0.500. The van der Waals surface area contributed by atoms with Gasteiger partial charge < -0.3 is 15.2 Å². The second-order valence-corrected chi connectivity index (χ2v) is 4.77. The normalized spacial score (nSPS) is 13.1. The smallest absolute Gasteiger partial charge is 0.327 e. The first-order valence-electron chi connectivity index (χ1n) is 5.98. The van der Waals surface area contributed by atoms with Crippen molar-refractivity contribution in [2.75, 3.05) is 13.7 Å². The van der Waals surface area contributed by atoms with E-state index in [-0.39, 0.29) is 5.60 Å². The van der Waals surface area contributed by atoms with Crippen molar-refractivity contribution in [2.45, 2.75) is 31.9 Å². The molecule has 1 atom stereocenters. The van der Waals surface area contributed by atoms with Crippen molar-refractivity contribution in [1.29, 1.82) is 0 Å². The molecule has 0 aliphatic heterocycles. The predicted molar refractivity (Wildman–Crippen MR) is 70.0 cm³/mol. The molecule has 0 bridgehead atoms. The number of benzene rings is 1. The minimum atomic E-state index is -0.725. The summed E-state index contributed by atoms with van der Waals surface area (Å²) in [4.78, 5) is 11.7. The molecule has 18 heavy (non-hydrogen) atoms. The maximum absolute atomic E-state index is 11.7. The number of esters is 1. The topological polar surface area (TPSA) is 61.5 Å². The first-order chi connectivity index (χ1) is 8.46. The van der Waals surface area contributed by atoms with Crippen molar-refractivity contribution in [2.24, 2.45) is 5.73 Å². The van der Waals surface area contributed by atoms with E-state index in [1.165, 1.54) is 0 Å². The minimum absolute atomic E-state index is 0.295. The van der Waals surface area contributed by atoms with Gasteiger partial charge in [-0.1, -0.05) is 30.3 Å². The number of hydrogen-bond donors (Lipinski definition) is 1. The Labute approximate surface area is 108 Å². The maximum Gasteiger partial charge on any atom is 0.327 e. The van der Waals surface area contributed by atoms with Crippen LogP contribution in [0.2, 0.25) is 0 Å². The molecule has 4 heteroatoms. The van der Waals surface area contributed by atoms with Gasteiger partial charge in [-0.3, -0.25) is 0 Å². The van der Waals surface area contributed by atoms with E-state index in [0.717, 1.165) is 5.56 Å². The maximum atomic E-state index is 11.7. The number of nitrogens with two attached hydrogens (primary N) is 1. The summed E-state index contributed by atoms with van der Waals surface area (Å²) in [7, 11) is 1.64. The molecule has 0 radical (unpaired) electrons. The first kappa shape index (κ1) is 14.7. The molecule has 2 N–H and O–H groups in total. The van der Waals surface area contributed by atoms with Crippen LogP contribution >= 0.6 is 0 Å². The monoisotopic (exact) mass is 251 g/mol. The zero-order valence-electron chi connectivity index (χ0n) is 11.2. The molecule has 1 aromatic rings. The SMILES string of the molecule is COC(C)(C)CCOC(=O)[C@H](N)c1ccccc1. The molecule has 0 heterocycles. The fourth-order valence-corrected chi connectivity index (χ4v) is 1.39. The average Bonchev–Trinajstić information content (AvgIpc) is 2.38. The molecule has 0 saturated carbocycles. The van der Waals surface area contributed by atoms with Gasteiger partial charge in [0.2, 0.25) is 0 Å². The van der Waals surface area contributed by atoms with Crippen LogP contribution in [0.3, 0.4) is 0 Å². The van der Waals surface area contributed by atoms with Crippen molar-refractivity contribution in [3.63, 3.8) is 0 Å². The lowest BCUT2D eigenvalue weighted by atomic mass is 10.1. The largest absolute Gasteiger partial charge is 0.464 e. The van der Waals surface area contributed by atoms with Crippen LogP contribution in [0.1, 0.15) is 31.9 Å². The molecule has 0 unspecified atom stereocenters. The summed E-state index contributed by atoms with van der Waals surface area (Å²) in [6.45, 7) is 4.19. The number of methoxy groups -OCH3 is 1. The molecular formula is C14H21NO3. The Morgan fingerprint density at radius 2 is 1.94 bits per heavy atom. The van der Waals surface area contributed by atoms with E-state index in [0.29, 0.717) is 13.0 Å². The first-order valence-corrected chi connectivity index (χ1v) is 5.98.